The number of carbonyl (C=O) groups excluding carboxylic acids is 4. The van der Waals surface area contributed by atoms with E-state index in [9.17, 15) is 27.6 Å². The number of para-hydroxylation sites is 1. The van der Waals surface area contributed by atoms with Crippen LogP contribution in [0.5, 0.6) is 5.75 Å². The second-order valence-electron chi connectivity index (χ2n) is 16.7. The van der Waals surface area contributed by atoms with Gasteiger partial charge in [0.1, 0.15) is 35.1 Å². The molecule has 290 valence electrons. The smallest absolute Gasteiger partial charge is 0.408 e. The molecule has 1 saturated heterocycles. The maximum Gasteiger partial charge on any atom is 0.408 e. The zero-order valence-corrected chi connectivity index (χ0v) is 32.0. The van der Waals surface area contributed by atoms with Gasteiger partial charge >= 0.3 is 6.09 Å². The first-order chi connectivity index (χ1) is 25.8. The normalized spacial score (nSPS) is 31.5. The molecule has 14 heteroatoms. The lowest BCUT2D eigenvalue weighted by Gasteiger charge is -2.36. The number of hydrogen-bond donors (Lipinski definition) is 3. The van der Waals surface area contributed by atoms with E-state index in [-0.39, 0.29) is 25.5 Å². The van der Waals surface area contributed by atoms with Crippen molar-refractivity contribution in [2.75, 3.05) is 6.54 Å². The summed E-state index contributed by atoms with van der Waals surface area (Å²) in [5.74, 6) is -1.51. The van der Waals surface area contributed by atoms with Crippen molar-refractivity contribution in [2.45, 2.75) is 144 Å². The summed E-state index contributed by atoms with van der Waals surface area (Å²) in [5, 5.41) is 6.82. The summed E-state index contributed by atoms with van der Waals surface area (Å²) in [5.41, 5.74) is 0.188. The summed E-state index contributed by atoms with van der Waals surface area (Å²) < 4.78 is 40.3. The molecule has 3 saturated carbocycles. The van der Waals surface area contributed by atoms with Crippen molar-refractivity contribution >= 4 is 44.7 Å². The largest absolute Gasteiger partial charge is 0.483 e. The lowest BCUT2D eigenvalue weighted by Crippen LogP contribution is -2.58. The highest BCUT2D eigenvalue weighted by molar-refractivity contribution is 7.91. The molecule has 3 N–H and O–H groups in total. The Balaban J connectivity index is 1.12. The third kappa shape index (κ3) is 6.83. The topological polar surface area (TPSA) is 173 Å². The van der Waals surface area contributed by atoms with E-state index in [4.69, 9.17) is 14.5 Å². The van der Waals surface area contributed by atoms with Gasteiger partial charge in [0.15, 0.2) is 0 Å². The maximum absolute atomic E-state index is 14.7. The number of amides is 4. The van der Waals surface area contributed by atoms with Crippen LogP contribution in [0.4, 0.5) is 4.79 Å². The second-order valence-corrected chi connectivity index (χ2v) is 18.9. The van der Waals surface area contributed by atoms with Crippen LogP contribution < -0.4 is 20.1 Å². The van der Waals surface area contributed by atoms with E-state index in [0.29, 0.717) is 56.4 Å². The van der Waals surface area contributed by atoms with Crippen LogP contribution in [0, 0.1) is 12.8 Å². The van der Waals surface area contributed by atoms with E-state index >= 15 is 0 Å². The SMILES string of the molecule is Cc1nc2ccccc2c2c1O[C@]1(CC2)C[C@H]2C(=O)N[C@]3(C(=O)NS(=O)(=O)C4(C)CC4)C[C@@H]3/C=C\CCCCC[C@H](NC(=O)OC3CCCC3)C(=O)N2C1. The Kier molecular flexibility index (Phi) is 9.41. The number of ether oxygens (including phenoxy) is 2. The Morgan fingerprint density at radius 2 is 1.78 bits per heavy atom. The zero-order chi connectivity index (χ0) is 37.9. The molecule has 5 atom stereocenters. The molecular formula is C40H51N5O8S. The number of aryl methyl sites for hydroxylation is 2. The van der Waals surface area contributed by atoms with Crippen molar-refractivity contribution in [1.29, 1.82) is 0 Å². The van der Waals surface area contributed by atoms with E-state index in [1.807, 2.05) is 43.3 Å². The van der Waals surface area contributed by atoms with Crippen molar-refractivity contribution in [3.05, 3.63) is 47.7 Å². The Hall–Kier alpha value is -4.20. The van der Waals surface area contributed by atoms with Gasteiger partial charge in [0.25, 0.3) is 5.91 Å². The van der Waals surface area contributed by atoms with Gasteiger partial charge in [-0.05, 0) is 97.0 Å². The molecule has 1 spiro atoms. The third-order valence-electron chi connectivity index (χ3n) is 12.7. The third-order valence-corrected chi connectivity index (χ3v) is 14.9. The van der Waals surface area contributed by atoms with Crippen molar-refractivity contribution in [2.24, 2.45) is 5.92 Å². The van der Waals surface area contributed by atoms with Gasteiger partial charge in [-0.25, -0.2) is 18.2 Å². The number of allylic oxidation sites excluding steroid dienone is 1. The molecule has 4 heterocycles. The number of nitrogens with zero attached hydrogens (tertiary/aromatic N) is 2. The summed E-state index contributed by atoms with van der Waals surface area (Å²) in [6, 6.07) is 5.90. The molecule has 2 aromatic rings. The van der Waals surface area contributed by atoms with Gasteiger partial charge in [0, 0.05) is 23.3 Å². The van der Waals surface area contributed by atoms with Crippen molar-refractivity contribution in [1.82, 2.24) is 25.2 Å². The van der Waals surface area contributed by atoms with Crippen molar-refractivity contribution in [3.8, 4) is 5.75 Å². The Morgan fingerprint density at radius 3 is 2.56 bits per heavy atom. The van der Waals surface area contributed by atoms with E-state index in [1.165, 1.54) is 4.90 Å². The fourth-order valence-corrected chi connectivity index (χ4v) is 10.3. The number of carbonyl (C=O) groups is 4. The van der Waals surface area contributed by atoms with Gasteiger partial charge in [-0.3, -0.25) is 19.1 Å². The Bertz CT molecular complexity index is 2010. The lowest BCUT2D eigenvalue weighted by molar-refractivity contribution is -0.141. The van der Waals surface area contributed by atoms with Crippen LogP contribution in [-0.4, -0.2) is 82.7 Å². The number of nitrogens with one attached hydrogen (secondary N) is 3. The van der Waals surface area contributed by atoms with Crippen LogP contribution in [0.2, 0.25) is 0 Å². The molecular weight excluding hydrogens is 711 g/mol. The average molecular weight is 762 g/mol. The molecule has 4 fully saturated rings. The van der Waals surface area contributed by atoms with E-state index in [1.54, 1.807) is 6.92 Å². The first kappa shape index (κ1) is 36.8. The fraction of sp³-hybridized carbons (Fsp3) is 0.625. The number of aromatic nitrogens is 1. The molecule has 0 radical (unpaired) electrons. The minimum absolute atomic E-state index is 0.0841. The number of benzene rings is 1. The molecule has 6 aliphatic rings. The van der Waals surface area contributed by atoms with Gasteiger partial charge < -0.3 is 25.0 Å². The zero-order valence-electron chi connectivity index (χ0n) is 31.2. The van der Waals surface area contributed by atoms with Gasteiger partial charge in [-0.15, -0.1) is 0 Å². The van der Waals surface area contributed by atoms with E-state index < -0.39 is 67.7 Å². The Morgan fingerprint density at radius 1 is 1.02 bits per heavy atom. The highest BCUT2D eigenvalue weighted by Gasteiger charge is 2.64. The molecule has 13 nitrogen and oxygen atoms in total. The molecule has 3 aliphatic heterocycles. The van der Waals surface area contributed by atoms with Gasteiger partial charge in [-0.1, -0.05) is 43.2 Å². The van der Waals surface area contributed by atoms with Crippen LogP contribution in [-0.2, 0) is 35.6 Å². The van der Waals surface area contributed by atoms with E-state index in [2.05, 4.69) is 15.4 Å². The van der Waals surface area contributed by atoms with Crippen LogP contribution in [0.3, 0.4) is 0 Å². The van der Waals surface area contributed by atoms with Crippen LogP contribution >= 0.6 is 0 Å². The summed E-state index contributed by atoms with van der Waals surface area (Å²) in [4.78, 5) is 62.8. The fourth-order valence-electron chi connectivity index (χ4n) is 8.98. The number of pyridine rings is 1. The highest BCUT2D eigenvalue weighted by Crippen LogP contribution is 2.49. The van der Waals surface area contributed by atoms with Crippen molar-refractivity contribution in [3.63, 3.8) is 0 Å². The summed E-state index contributed by atoms with van der Waals surface area (Å²) in [6.07, 6.45) is 12.4. The molecule has 3 aliphatic carbocycles. The summed E-state index contributed by atoms with van der Waals surface area (Å²) in [7, 11) is -3.97. The summed E-state index contributed by atoms with van der Waals surface area (Å²) in [6.45, 7) is 3.59. The number of rotatable bonds is 5. The van der Waals surface area contributed by atoms with Crippen LogP contribution in [0.25, 0.3) is 10.9 Å². The average Bonchev–Trinajstić information content (AvgIpc) is 3.93. The number of hydrogen-bond acceptors (Lipinski definition) is 9. The lowest BCUT2D eigenvalue weighted by atomic mass is 9.87. The predicted octanol–water partition coefficient (Wildman–Crippen LogP) is 4.64. The number of fused-ring (bicyclic) bond motifs is 5. The van der Waals surface area contributed by atoms with E-state index in [0.717, 1.165) is 55.0 Å². The molecule has 0 unspecified atom stereocenters. The quantitative estimate of drug-likeness (QED) is 0.367. The highest BCUT2D eigenvalue weighted by atomic mass is 32.2. The molecule has 1 aromatic heterocycles. The maximum atomic E-state index is 14.7. The molecule has 54 heavy (non-hydrogen) atoms. The van der Waals surface area contributed by atoms with Gasteiger partial charge in [-0.2, -0.15) is 0 Å². The standard InChI is InChI=1S/C40H51N5O8S/c1-25-33-29(28-15-10-11-16-30(28)41-25)18-19-39(53-33)23-32-34(46)43-40(36(48)44-54(50,51)38(2)20-21-38)22-26(40)12-6-4-3-5-7-17-31(35(47)45(32)24-39)42-37(49)52-27-13-8-9-14-27/h6,10-12,15-16,26-27,31-32H,3-5,7-9,13-14,17-24H2,1-2H3,(H,42,49)(H,43,46)(H,44,48)/b12-6-/t26-,31-,32-,39+,40+/m0/s1. The Labute approximate surface area is 316 Å². The monoisotopic (exact) mass is 761 g/mol. The first-order valence-corrected chi connectivity index (χ1v) is 21.2. The predicted molar refractivity (Wildman–Crippen MR) is 200 cm³/mol. The van der Waals surface area contributed by atoms with Crippen molar-refractivity contribution < 1.29 is 37.1 Å². The van der Waals surface area contributed by atoms with Crippen LogP contribution in [0.15, 0.2) is 36.4 Å². The number of alkyl carbamates (subject to hydrolysis) is 1. The second kappa shape index (κ2) is 13.8. The van der Waals surface area contributed by atoms with Crippen LogP contribution in [0.1, 0.15) is 108 Å². The first-order valence-electron chi connectivity index (χ1n) is 19.7. The summed E-state index contributed by atoms with van der Waals surface area (Å²) >= 11 is 0. The minimum atomic E-state index is -3.97. The van der Waals surface area contributed by atoms with Gasteiger partial charge in [0.2, 0.25) is 21.8 Å². The van der Waals surface area contributed by atoms with Gasteiger partial charge in [0.05, 0.1) is 22.5 Å². The number of sulfonamides is 1. The molecule has 4 amide bonds. The molecule has 8 rings (SSSR count). The molecule has 1 aromatic carbocycles. The minimum Gasteiger partial charge on any atom is -0.483 e. The molecule has 0 bridgehead atoms.